The number of thioether (sulfide) groups is 1. The zero-order valence-corrected chi connectivity index (χ0v) is 13.2. The summed E-state index contributed by atoms with van der Waals surface area (Å²) in [5.74, 6) is -1.05. The molecular weight excluding hydrogens is 294 g/mol. The van der Waals surface area contributed by atoms with Gasteiger partial charge in [0.1, 0.15) is 12.1 Å². The SMILES string of the molecule is CSCCC(NC(=O)C1CCCN1)C(=O)NC(C)C(=O)O. The fraction of sp³-hybridized carbons (Fsp3) is 0.769. The summed E-state index contributed by atoms with van der Waals surface area (Å²) in [6.07, 6.45) is 4.08. The molecule has 1 heterocycles. The van der Waals surface area contributed by atoms with Crippen molar-refractivity contribution in [2.24, 2.45) is 0 Å². The minimum absolute atomic E-state index is 0.197. The van der Waals surface area contributed by atoms with Crippen molar-refractivity contribution >= 4 is 29.5 Å². The number of carboxylic acid groups (broad SMARTS) is 1. The molecule has 1 aliphatic rings. The number of nitrogens with one attached hydrogen (secondary N) is 3. The minimum Gasteiger partial charge on any atom is -0.480 e. The maximum Gasteiger partial charge on any atom is 0.325 e. The van der Waals surface area contributed by atoms with Crippen LogP contribution >= 0.6 is 11.8 Å². The summed E-state index contributed by atoms with van der Waals surface area (Å²) in [6.45, 7) is 2.20. The summed E-state index contributed by atoms with van der Waals surface area (Å²) in [6, 6.07) is -1.93. The largest absolute Gasteiger partial charge is 0.480 e. The lowest BCUT2D eigenvalue weighted by Crippen LogP contribution is -2.54. The van der Waals surface area contributed by atoms with Gasteiger partial charge in [-0.2, -0.15) is 11.8 Å². The van der Waals surface area contributed by atoms with Gasteiger partial charge in [-0.1, -0.05) is 0 Å². The van der Waals surface area contributed by atoms with Crippen LogP contribution in [-0.4, -0.2) is 59.6 Å². The average Bonchev–Trinajstić information content (AvgIpc) is 2.96. The van der Waals surface area contributed by atoms with Crippen LogP contribution < -0.4 is 16.0 Å². The monoisotopic (exact) mass is 317 g/mol. The number of hydrogen-bond donors (Lipinski definition) is 4. The smallest absolute Gasteiger partial charge is 0.325 e. The van der Waals surface area contributed by atoms with Gasteiger partial charge in [0.15, 0.2) is 0 Å². The lowest BCUT2D eigenvalue weighted by molar-refractivity contribution is -0.141. The highest BCUT2D eigenvalue weighted by molar-refractivity contribution is 7.98. The fourth-order valence-electron chi connectivity index (χ4n) is 2.06. The van der Waals surface area contributed by atoms with Crippen molar-refractivity contribution in [1.29, 1.82) is 0 Å². The Morgan fingerprint density at radius 2 is 2.10 bits per heavy atom. The molecule has 7 nitrogen and oxygen atoms in total. The second-order valence-electron chi connectivity index (χ2n) is 5.06. The van der Waals surface area contributed by atoms with Crippen LogP contribution in [0.2, 0.25) is 0 Å². The lowest BCUT2D eigenvalue weighted by Gasteiger charge is -2.21. The molecular formula is C13H23N3O4S. The van der Waals surface area contributed by atoms with Crippen molar-refractivity contribution in [3.8, 4) is 0 Å². The van der Waals surface area contributed by atoms with E-state index in [1.165, 1.54) is 6.92 Å². The van der Waals surface area contributed by atoms with E-state index in [-0.39, 0.29) is 11.9 Å². The van der Waals surface area contributed by atoms with Crippen LogP contribution in [0.5, 0.6) is 0 Å². The molecule has 1 fully saturated rings. The van der Waals surface area contributed by atoms with Crippen molar-refractivity contribution in [2.45, 2.75) is 44.3 Å². The van der Waals surface area contributed by atoms with Gasteiger partial charge in [-0.25, -0.2) is 0 Å². The molecule has 0 aliphatic carbocycles. The van der Waals surface area contributed by atoms with E-state index in [4.69, 9.17) is 5.11 Å². The first kappa shape index (κ1) is 17.8. The van der Waals surface area contributed by atoms with Gasteiger partial charge in [0, 0.05) is 0 Å². The molecule has 21 heavy (non-hydrogen) atoms. The van der Waals surface area contributed by atoms with E-state index >= 15 is 0 Å². The molecule has 0 aromatic carbocycles. The molecule has 0 saturated carbocycles. The van der Waals surface area contributed by atoms with Crippen molar-refractivity contribution in [1.82, 2.24) is 16.0 Å². The normalized spacial score (nSPS) is 20.6. The van der Waals surface area contributed by atoms with Gasteiger partial charge in [0.25, 0.3) is 0 Å². The third-order valence-corrected chi connectivity index (χ3v) is 3.99. The molecule has 120 valence electrons. The summed E-state index contributed by atoms with van der Waals surface area (Å²) < 4.78 is 0. The first-order valence-electron chi connectivity index (χ1n) is 7.01. The topological polar surface area (TPSA) is 108 Å². The predicted octanol–water partition coefficient (Wildman–Crippen LogP) is -0.434. The Morgan fingerprint density at radius 3 is 2.62 bits per heavy atom. The van der Waals surface area contributed by atoms with Crippen LogP contribution in [0, 0.1) is 0 Å². The molecule has 2 amide bonds. The molecule has 1 aliphatic heterocycles. The Labute approximate surface area is 128 Å². The van der Waals surface area contributed by atoms with Gasteiger partial charge in [0.2, 0.25) is 11.8 Å². The number of carbonyl (C=O) groups is 3. The van der Waals surface area contributed by atoms with E-state index in [9.17, 15) is 14.4 Å². The van der Waals surface area contributed by atoms with Crippen LogP contribution in [0.4, 0.5) is 0 Å². The number of carboxylic acids is 1. The molecule has 0 aromatic rings. The first-order valence-corrected chi connectivity index (χ1v) is 8.41. The zero-order valence-electron chi connectivity index (χ0n) is 12.3. The summed E-state index contributed by atoms with van der Waals surface area (Å²) in [5.41, 5.74) is 0. The Hall–Kier alpha value is -1.28. The standard InChI is InChI=1S/C13H23N3O4S/c1-8(13(19)20)15-12(18)10(5-7-21-2)16-11(17)9-4-3-6-14-9/h8-10,14H,3-7H2,1-2H3,(H,15,18)(H,16,17)(H,19,20). The molecule has 0 spiro atoms. The van der Waals surface area contributed by atoms with Gasteiger partial charge in [-0.05, 0) is 44.7 Å². The molecule has 3 unspecified atom stereocenters. The Morgan fingerprint density at radius 1 is 1.38 bits per heavy atom. The summed E-state index contributed by atoms with van der Waals surface area (Å²) in [7, 11) is 0. The highest BCUT2D eigenvalue weighted by Crippen LogP contribution is 2.07. The minimum atomic E-state index is -1.10. The maximum atomic E-state index is 12.1. The number of amides is 2. The van der Waals surface area contributed by atoms with Crippen molar-refractivity contribution < 1.29 is 19.5 Å². The Kier molecular flexibility index (Phi) is 7.52. The van der Waals surface area contributed by atoms with Gasteiger partial charge >= 0.3 is 5.97 Å². The van der Waals surface area contributed by atoms with Crippen LogP contribution in [0.25, 0.3) is 0 Å². The van der Waals surface area contributed by atoms with Crippen molar-refractivity contribution in [3.63, 3.8) is 0 Å². The van der Waals surface area contributed by atoms with E-state index in [0.717, 1.165) is 19.4 Å². The van der Waals surface area contributed by atoms with Crippen molar-refractivity contribution in [2.75, 3.05) is 18.6 Å². The van der Waals surface area contributed by atoms with Crippen LogP contribution in [0.3, 0.4) is 0 Å². The molecule has 8 heteroatoms. The number of carbonyl (C=O) groups excluding carboxylic acids is 2. The van der Waals surface area contributed by atoms with E-state index in [2.05, 4.69) is 16.0 Å². The molecule has 1 saturated heterocycles. The molecule has 0 bridgehead atoms. The van der Waals surface area contributed by atoms with E-state index < -0.39 is 24.0 Å². The quantitative estimate of drug-likeness (QED) is 0.484. The van der Waals surface area contributed by atoms with Crippen LogP contribution in [0.1, 0.15) is 26.2 Å². The second kappa shape index (κ2) is 8.89. The Balaban J connectivity index is 2.58. The van der Waals surface area contributed by atoms with Gasteiger partial charge in [-0.3, -0.25) is 14.4 Å². The zero-order chi connectivity index (χ0) is 15.8. The predicted molar refractivity (Wildman–Crippen MR) is 81.2 cm³/mol. The van der Waals surface area contributed by atoms with Gasteiger partial charge in [0.05, 0.1) is 6.04 Å². The third kappa shape index (κ3) is 5.92. The highest BCUT2D eigenvalue weighted by atomic mass is 32.2. The maximum absolute atomic E-state index is 12.1. The second-order valence-corrected chi connectivity index (χ2v) is 6.05. The Bertz CT molecular complexity index is 386. The number of hydrogen-bond acceptors (Lipinski definition) is 5. The van der Waals surface area contributed by atoms with Gasteiger partial charge < -0.3 is 21.1 Å². The molecule has 0 aromatic heterocycles. The summed E-state index contributed by atoms with van der Waals surface area (Å²) >= 11 is 1.57. The molecule has 3 atom stereocenters. The lowest BCUT2D eigenvalue weighted by atomic mass is 10.1. The van der Waals surface area contributed by atoms with Crippen LogP contribution in [0.15, 0.2) is 0 Å². The van der Waals surface area contributed by atoms with Gasteiger partial charge in [-0.15, -0.1) is 0 Å². The summed E-state index contributed by atoms with van der Waals surface area (Å²) in [4.78, 5) is 34.9. The van der Waals surface area contributed by atoms with E-state index in [0.29, 0.717) is 12.2 Å². The highest BCUT2D eigenvalue weighted by Gasteiger charge is 2.28. The number of aliphatic carboxylic acids is 1. The van der Waals surface area contributed by atoms with E-state index in [1.807, 2.05) is 6.26 Å². The molecule has 4 N–H and O–H groups in total. The number of rotatable bonds is 8. The molecule has 0 radical (unpaired) electrons. The molecule has 1 rings (SSSR count). The summed E-state index contributed by atoms with van der Waals surface area (Å²) in [5, 5.41) is 17.0. The van der Waals surface area contributed by atoms with Crippen LogP contribution in [-0.2, 0) is 14.4 Å². The van der Waals surface area contributed by atoms with Crippen molar-refractivity contribution in [3.05, 3.63) is 0 Å². The van der Waals surface area contributed by atoms with E-state index in [1.54, 1.807) is 11.8 Å². The fourth-order valence-corrected chi connectivity index (χ4v) is 2.53. The first-order chi connectivity index (χ1) is 9.95. The third-order valence-electron chi connectivity index (χ3n) is 3.35. The average molecular weight is 317 g/mol.